The molecule has 2 nitrogen and oxygen atoms in total. The van der Waals surface area contributed by atoms with Gasteiger partial charge in [-0.3, -0.25) is 0 Å². The highest BCUT2D eigenvalue weighted by atomic mass is 15.1. The molecular weight excluding hydrogens is 196 g/mol. The Hall–Kier alpha value is -0.0800. The van der Waals surface area contributed by atoms with Crippen molar-refractivity contribution in [1.29, 1.82) is 0 Å². The molecule has 0 saturated heterocycles. The zero-order chi connectivity index (χ0) is 12.6. The van der Waals surface area contributed by atoms with E-state index >= 15 is 0 Å². The molecule has 16 heavy (non-hydrogen) atoms. The van der Waals surface area contributed by atoms with E-state index in [0.717, 1.165) is 19.6 Å². The first-order valence-electron chi connectivity index (χ1n) is 6.93. The molecule has 0 aromatic carbocycles. The number of hydrogen-bond acceptors (Lipinski definition) is 2. The average molecular weight is 228 g/mol. The van der Waals surface area contributed by atoms with Crippen LogP contribution >= 0.6 is 0 Å². The molecule has 0 saturated carbocycles. The Morgan fingerprint density at radius 1 is 1.19 bits per heavy atom. The smallest absolute Gasteiger partial charge is 0.00501 e. The summed E-state index contributed by atoms with van der Waals surface area (Å²) in [6, 6.07) is 0.655. The molecule has 1 N–H and O–H groups in total. The van der Waals surface area contributed by atoms with Crippen LogP contribution in [0.25, 0.3) is 0 Å². The van der Waals surface area contributed by atoms with Crippen molar-refractivity contribution in [3.8, 4) is 0 Å². The highest BCUT2D eigenvalue weighted by Gasteiger charge is 2.26. The lowest BCUT2D eigenvalue weighted by atomic mass is 9.84. The predicted molar refractivity (Wildman–Crippen MR) is 73.9 cm³/mol. The van der Waals surface area contributed by atoms with Gasteiger partial charge < -0.3 is 10.2 Å². The van der Waals surface area contributed by atoms with Crippen LogP contribution in [0, 0.1) is 5.41 Å². The molecule has 0 aliphatic heterocycles. The van der Waals surface area contributed by atoms with Crippen LogP contribution in [0.4, 0.5) is 0 Å². The van der Waals surface area contributed by atoms with Gasteiger partial charge in [-0.05, 0) is 38.8 Å². The number of nitrogens with one attached hydrogen (secondary N) is 1. The molecule has 0 radical (unpaired) electrons. The normalized spacial score (nSPS) is 15.8. The third kappa shape index (κ3) is 5.86. The SMILES string of the molecule is CCCC(C)(CNCC)CN(CC)C(C)C. The second-order valence-corrected chi connectivity index (χ2v) is 5.50. The van der Waals surface area contributed by atoms with Gasteiger partial charge in [0.2, 0.25) is 0 Å². The molecule has 0 rings (SSSR count). The van der Waals surface area contributed by atoms with Crippen LogP contribution in [0.15, 0.2) is 0 Å². The fourth-order valence-electron chi connectivity index (χ4n) is 2.40. The van der Waals surface area contributed by atoms with E-state index < -0.39 is 0 Å². The third-order valence-electron chi connectivity index (χ3n) is 3.38. The first-order chi connectivity index (χ1) is 7.49. The van der Waals surface area contributed by atoms with Gasteiger partial charge in [-0.15, -0.1) is 0 Å². The average Bonchev–Trinajstić information content (AvgIpc) is 2.23. The van der Waals surface area contributed by atoms with E-state index in [2.05, 4.69) is 51.8 Å². The van der Waals surface area contributed by atoms with Gasteiger partial charge in [0.25, 0.3) is 0 Å². The summed E-state index contributed by atoms with van der Waals surface area (Å²) in [6.45, 7) is 18.3. The van der Waals surface area contributed by atoms with Gasteiger partial charge in [-0.2, -0.15) is 0 Å². The Labute approximate surface area is 103 Å². The maximum absolute atomic E-state index is 3.52. The monoisotopic (exact) mass is 228 g/mol. The van der Waals surface area contributed by atoms with Crippen molar-refractivity contribution in [3.63, 3.8) is 0 Å². The van der Waals surface area contributed by atoms with E-state index in [4.69, 9.17) is 0 Å². The number of rotatable bonds is 9. The van der Waals surface area contributed by atoms with Gasteiger partial charge in [0.15, 0.2) is 0 Å². The van der Waals surface area contributed by atoms with Crippen LogP contribution in [-0.4, -0.2) is 37.1 Å². The standard InChI is InChI=1S/C14H32N2/c1-7-10-14(6,11-15-8-2)12-16(9-3)13(4)5/h13,15H,7-12H2,1-6H3. The minimum atomic E-state index is 0.422. The molecule has 1 unspecified atom stereocenters. The van der Waals surface area contributed by atoms with Crippen molar-refractivity contribution in [2.75, 3.05) is 26.2 Å². The minimum absolute atomic E-state index is 0.422. The van der Waals surface area contributed by atoms with Gasteiger partial charge in [0, 0.05) is 19.1 Å². The van der Waals surface area contributed by atoms with E-state index in [1.807, 2.05) is 0 Å². The second kappa shape index (κ2) is 8.08. The van der Waals surface area contributed by atoms with Gasteiger partial charge in [-0.1, -0.05) is 34.1 Å². The Bertz CT molecular complexity index is 168. The second-order valence-electron chi connectivity index (χ2n) is 5.50. The molecule has 0 aromatic rings. The van der Waals surface area contributed by atoms with E-state index in [1.54, 1.807) is 0 Å². The van der Waals surface area contributed by atoms with Crippen LogP contribution in [0.5, 0.6) is 0 Å². The summed E-state index contributed by atoms with van der Waals surface area (Å²) in [4.78, 5) is 2.58. The minimum Gasteiger partial charge on any atom is -0.316 e. The highest BCUT2D eigenvalue weighted by molar-refractivity contribution is 4.81. The maximum atomic E-state index is 3.52. The van der Waals surface area contributed by atoms with Crippen molar-refractivity contribution in [2.45, 2.75) is 60.4 Å². The molecule has 0 heterocycles. The third-order valence-corrected chi connectivity index (χ3v) is 3.38. The molecular formula is C14H32N2. The lowest BCUT2D eigenvalue weighted by Crippen LogP contribution is -2.44. The van der Waals surface area contributed by atoms with Gasteiger partial charge >= 0.3 is 0 Å². The van der Waals surface area contributed by atoms with Crippen molar-refractivity contribution < 1.29 is 0 Å². The summed E-state index contributed by atoms with van der Waals surface area (Å²) in [6.07, 6.45) is 2.58. The molecule has 0 spiro atoms. The lowest BCUT2D eigenvalue weighted by molar-refractivity contribution is 0.128. The molecule has 0 amide bonds. The van der Waals surface area contributed by atoms with Gasteiger partial charge in [-0.25, -0.2) is 0 Å². The van der Waals surface area contributed by atoms with Crippen LogP contribution < -0.4 is 5.32 Å². The topological polar surface area (TPSA) is 15.3 Å². The molecule has 0 aromatic heterocycles. The summed E-state index contributed by atoms with van der Waals surface area (Å²) in [7, 11) is 0. The first kappa shape index (κ1) is 15.9. The lowest BCUT2D eigenvalue weighted by Gasteiger charge is -2.37. The largest absolute Gasteiger partial charge is 0.316 e. The molecule has 98 valence electrons. The quantitative estimate of drug-likeness (QED) is 0.652. The van der Waals surface area contributed by atoms with E-state index in [0.29, 0.717) is 11.5 Å². The molecule has 1 atom stereocenters. The van der Waals surface area contributed by atoms with Crippen molar-refractivity contribution >= 4 is 0 Å². The summed E-state index contributed by atoms with van der Waals surface area (Å²) in [5, 5.41) is 3.52. The van der Waals surface area contributed by atoms with Gasteiger partial charge in [0.1, 0.15) is 0 Å². The molecule has 0 fully saturated rings. The Kier molecular flexibility index (Phi) is 8.04. The fraction of sp³-hybridized carbons (Fsp3) is 1.00. The summed E-state index contributed by atoms with van der Waals surface area (Å²) in [5.41, 5.74) is 0.422. The van der Waals surface area contributed by atoms with E-state index in [-0.39, 0.29) is 0 Å². The molecule has 2 heteroatoms. The van der Waals surface area contributed by atoms with Crippen LogP contribution in [0.1, 0.15) is 54.4 Å². The molecule has 0 bridgehead atoms. The van der Waals surface area contributed by atoms with E-state index in [1.165, 1.54) is 19.4 Å². The maximum Gasteiger partial charge on any atom is 0.00501 e. The Morgan fingerprint density at radius 3 is 2.19 bits per heavy atom. The van der Waals surface area contributed by atoms with Crippen LogP contribution in [-0.2, 0) is 0 Å². The first-order valence-corrected chi connectivity index (χ1v) is 6.93. The van der Waals surface area contributed by atoms with Crippen LogP contribution in [0.3, 0.4) is 0 Å². The summed E-state index contributed by atoms with van der Waals surface area (Å²) < 4.78 is 0. The van der Waals surface area contributed by atoms with Gasteiger partial charge in [0.05, 0.1) is 0 Å². The zero-order valence-corrected chi connectivity index (χ0v) is 12.3. The predicted octanol–water partition coefficient (Wildman–Crippen LogP) is 3.13. The van der Waals surface area contributed by atoms with Crippen LogP contribution in [0.2, 0.25) is 0 Å². The summed E-state index contributed by atoms with van der Waals surface area (Å²) in [5.74, 6) is 0. The molecule has 0 aliphatic carbocycles. The Balaban J connectivity index is 4.38. The highest BCUT2D eigenvalue weighted by Crippen LogP contribution is 2.24. The van der Waals surface area contributed by atoms with Crippen molar-refractivity contribution in [2.24, 2.45) is 5.41 Å². The number of hydrogen-bond donors (Lipinski definition) is 1. The number of nitrogens with zero attached hydrogens (tertiary/aromatic N) is 1. The summed E-state index contributed by atoms with van der Waals surface area (Å²) >= 11 is 0. The fourth-order valence-corrected chi connectivity index (χ4v) is 2.40. The Morgan fingerprint density at radius 2 is 1.81 bits per heavy atom. The van der Waals surface area contributed by atoms with E-state index in [9.17, 15) is 0 Å². The van der Waals surface area contributed by atoms with Crippen molar-refractivity contribution in [1.82, 2.24) is 10.2 Å². The van der Waals surface area contributed by atoms with Crippen molar-refractivity contribution in [3.05, 3.63) is 0 Å². The molecule has 0 aliphatic rings. The zero-order valence-electron chi connectivity index (χ0n) is 12.3.